The molecule has 4 aliphatic heterocycles. The highest BCUT2D eigenvalue weighted by Gasteiger charge is 2.44. The number of fused-ring (bicyclic) bond motifs is 1. The number of nitrogens with zero attached hydrogens (tertiary/aromatic N) is 6. The molecule has 11 nitrogen and oxygen atoms in total. The summed E-state index contributed by atoms with van der Waals surface area (Å²) in [7, 11) is 0. The van der Waals surface area contributed by atoms with Crippen molar-refractivity contribution in [2.24, 2.45) is 5.92 Å². The molecule has 1 atom stereocenters. The molecule has 0 spiro atoms. The predicted octanol–water partition coefficient (Wildman–Crippen LogP) is 1.88. The van der Waals surface area contributed by atoms with Gasteiger partial charge in [-0.1, -0.05) is 6.58 Å². The third-order valence-electron chi connectivity index (χ3n) is 8.68. The van der Waals surface area contributed by atoms with Crippen LogP contribution in [0.1, 0.15) is 52.8 Å². The van der Waals surface area contributed by atoms with Gasteiger partial charge in [-0.25, -0.2) is 9.97 Å². The number of imide groups is 1. The van der Waals surface area contributed by atoms with Crippen LogP contribution in [0.3, 0.4) is 0 Å². The highest BCUT2D eigenvalue weighted by Crippen LogP contribution is 2.32. The molecular weight excluding hydrogens is 508 g/mol. The van der Waals surface area contributed by atoms with E-state index in [-0.39, 0.29) is 11.8 Å². The van der Waals surface area contributed by atoms with E-state index in [1.165, 1.54) is 6.42 Å². The number of allylic oxidation sites excluding steroid dienone is 1. The average molecular weight is 545 g/mol. The second-order valence-electron chi connectivity index (χ2n) is 11.2. The molecule has 6 rings (SSSR count). The standard InChI is InChI=1S/C29H36N8O3/c1-19-2-5-25(26(38)33-19)37-27(39)23-4-3-22(16-24(23)28(37)40)35-14-12-34(13-15-35)9-6-20-7-10-36(11-8-20)29-31-17-21(30)18-32-29/h3-4,16-18,20,25H,1-2,5-15,30H2,(H,33,38). The molecule has 11 heteroatoms. The van der Waals surface area contributed by atoms with Gasteiger partial charge in [-0.2, -0.15) is 0 Å². The normalized spacial score (nSPS) is 22.6. The largest absolute Gasteiger partial charge is 0.396 e. The van der Waals surface area contributed by atoms with E-state index in [1.54, 1.807) is 18.5 Å². The van der Waals surface area contributed by atoms with E-state index in [0.717, 1.165) is 75.2 Å². The number of nitrogens with one attached hydrogen (secondary N) is 1. The lowest BCUT2D eigenvalue weighted by Gasteiger charge is -2.37. The van der Waals surface area contributed by atoms with Crippen molar-refractivity contribution in [3.63, 3.8) is 0 Å². The third kappa shape index (κ3) is 5.13. The molecule has 1 aromatic heterocycles. The fraction of sp³-hybridized carbons (Fsp3) is 0.483. The van der Waals surface area contributed by atoms with Crippen LogP contribution in [0, 0.1) is 5.92 Å². The van der Waals surface area contributed by atoms with E-state index in [0.29, 0.717) is 41.3 Å². The first-order valence-corrected chi connectivity index (χ1v) is 14.2. The minimum absolute atomic E-state index is 0.344. The Morgan fingerprint density at radius 1 is 0.900 bits per heavy atom. The van der Waals surface area contributed by atoms with Gasteiger partial charge in [-0.05, 0) is 62.8 Å². The average Bonchev–Trinajstić information content (AvgIpc) is 3.22. The van der Waals surface area contributed by atoms with Crippen LogP contribution in [-0.2, 0) is 4.79 Å². The smallest absolute Gasteiger partial charge is 0.262 e. The Labute approximate surface area is 234 Å². The van der Waals surface area contributed by atoms with Crippen LogP contribution in [0.2, 0.25) is 0 Å². The second kappa shape index (κ2) is 10.9. The zero-order chi connectivity index (χ0) is 27.8. The van der Waals surface area contributed by atoms with Gasteiger partial charge in [0.25, 0.3) is 11.8 Å². The van der Waals surface area contributed by atoms with E-state index in [2.05, 4.69) is 36.6 Å². The topological polar surface area (TPSA) is 128 Å². The molecular formula is C29H36N8O3. The Hall–Kier alpha value is -3.99. The highest BCUT2D eigenvalue weighted by molar-refractivity contribution is 6.23. The number of carbonyl (C=O) groups excluding carboxylic acids is 3. The summed E-state index contributed by atoms with van der Waals surface area (Å²) in [6.07, 6.45) is 7.76. The number of nitrogen functional groups attached to an aromatic ring is 1. The van der Waals surface area contributed by atoms with Gasteiger partial charge in [0.2, 0.25) is 11.9 Å². The molecule has 4 aliphatic rings. The molecule has 3 fully saturated rings. The maximum Gasteiger partial charge on any atom is 0.262 e. The number of nitrogens with two attached hydrogens (primary N) is 1. The maximum atomic E-state index is 13.2. The van der Waals surface area contributed by atoms with Gasteiger partial charge in [-0.3, -0.25) is 24.2 Å². The van der Waals surface area contributed by atoms with Gasteiger partial charge in [-0.15, -0.1) is 0 Å². The summed E-state index contributed by atoms with van der Waals surface area (Å²) in [5.74, 6) is 0.344. The number of hydrogen-bond acceptors (Lipinski definition) is 9. The van der Waals surface area contributed by atoms with Crippen LogP contribution >= 0.6 is 0 Å². The van der Waals surface area contributed by atoms with Crippen molar-refractivity contribution < 1.29 is 14.4 Å². The third-order valence-corrected chi connectivity index (χ3v) is 8.68. The molecule has 3 N–H and O–H groups in total. The van der Waals surface area contributed by atoms with Crippen LogP contribution in [-0.4, -0.2) is 89.3 Å². The Morgan fingerprint density at radius 2 is 1.60 bits per heavy atom. The molecule has 3 saturated heterocycles. The second-order valence-corrected chi connectivity index (χ2v) is 11.2. The van der Waals surface area contributed by atoms with Crippen LogP contribution < -0.4 is 20.9 Å². The SMILES string of the molecule is C=C1CCC(N2C(=O)c3ccc(N4CCN(CCC5CCN(c6ncc(N)cn6)CC5)CC4)cc3C2=O)C(=O)N1. The van der Waals surface area contributed by atoms with Crippen molar-refractivity contribution in [2.75, 3.05) is 61.3 Å². The molecule has 3 amide bonds. The Balaban J connectivity index is 0.991. The number of carbonyl (C=O) groups is 3. The quantitative estimate of drug-likeness (QED) is 0.524. The first-order valence-electron chi connectivity index (χ1n) is 14.2. The minimum atomic E-state index is -0.789. The molecule has 210 valence electrons. The number of piperazine rings is 1. The summed E-state index contributed by atoms with van der Waals surface area (Å²) in [6, 6.07) is 4.69. The lowest BCUT2D eigenvalue weighted by molar-refractivity contribution is -0.125. The lowest BCUT2D eigenvalue weighted by atomic mass is 9.93. The Bertz CT molecular complexity index is 1310. The first-order chi connectivity index (χ1) is 19.4. The summed E-state index contributed by atoms with van der Waals surface area (Å²) in [6.45, 7) is 10.5. The van der Waals surface area contributed by atoms with Crippen molar-refractivity contribution in [1.29, 1.82) is 0 Å². The number of amides is 3. The number of rotatable bonds is 6. The summed E-state index contributed by atoms with van der Waals surface area (Å²) in [5.41, 5.74) is 8.62. The van der Waals surface area contributed by atoms with Crippen molar-refractivity contribution >= 4 is 35.0 Å². The fourth-order valence-corrected chi connectivity index (χ4v) is 6.25. The number of benzene rings is 1. The summed E-state index contributed by atoms with van der Waals surface area (Å²) in [4.78, 5) is 55.6. The molecule has 0 radical (unpaired) electrons. The van der Waals surface area contributed by atoms with Crippen LogP contribution in [0.15, 0.2) is 42.9 Å². The predicted molar refractivity (Wildman–Crippen MR) is 152 cm³/mol. The van der Waals surface area contributed by atoms with Crippen molar-refractivity contribution in [3.8, 4) is 0 Å². The minimum Gasteiger partial charge on any atom is -0.396 e. The Kier molecular flexibility index (Phi) is 7.14. The number of aromatic nitrogens is 2. The molecule has 1 unspecified atom stereocenters. The number of hydrogen-bond donors (Lipinski definition) is 2. The maximum absolute atomic E-state index is 13.2. The molecule has 0 saturated carbocycles. The van der Waals surface area contributed by atoms with Gasteiger partial charge in [0.15, 0.2) is 0 Å². The van der Waals surface area contributed by atoms with E-state index in [1.807, 2.05) is 12.1 Å². The summed E-state index contributed by atoms with van der Waals surface area (Å²) >= 11 is 0. The fourth-order valence-electron chi connectivity index (χ4n) is 6.25. The Morgan fingerprint density at radius 3 is 2.30 bits per heavy atom. The lowest BCUT2D eigenvalue weighted by Crippen LogP contribution is -2.51. The van der Waals surface area contributed by atoms with Gasteiger partial charge in [0.1, 0.15) is 6.04 Å². The van der Waals surface area contributed by atoms with Crippen molar-refractivity contribution in [2.45, 2.75) is 38.1 Å². The van der Waals surface area contributed by atoms with E-state index in [9.17, 15) is 14.4 Å². The van der Waals surface area contributed by atoms with Gasteiger partial charge < -0.3 is 20.9 Å². The van der Waals surface area contributed by atoms with Gasteiger partial charge in [0, 0.05) is 50.7 Å². The van der Waals surface area contributed by atoms with E-state index in [4.69, 9.17) is 5.73 Å². The zero-order valence-corrected chi connectivity index (χ0v) is 22.7. The molecule has 40 heavy (non-hydrogen) atoms. The molecule has 0 bridgehead atoms. The van der Waals surface area contributed by atoms with Crippen LogP contribution in [0.25, 0.3) is 0 Å². The summed E-state index contributed by atoms with van der Waals surface area (Å²) < 4.78 is 0. The molecule has 1 aromatic carbocycles. The molecule has 5 heterocycles. The monoisotopic (exact) mass is 544 g/mol. The highest BCUT2D eigenvalue weighted by atomic mass is 16.2. The molecule has 0 aliphatic carbocycles. The van der Waals surface area contributed by atoms with E-state index >= 15 is 0 Å². The number of anilines is 3. The van der Waals surface area contributed by atoms with Gasteiger partial charge in [0.05, 0.1) is 29.2 Å². The number of piperidine rings is 2. The van der Waals surface area contributed by atoms with Gasteiger partial charge >= 0.3 is 0 Å². The van der Waals surface area contributed by atoms with Crippen molar-refractivity contribution in [3.05, 3.63) is 54.0 Å². The van der Waals surface area contributed by atoms with Crippen LogP contribution in [0.4, 0.5) is 17.3 Å². The first kappa shape index (κ1) is 26.2. The van der Waals surface area contributed by atoms with Crippen molar-refractivity contribution in [1.82, 2.24) is 25.1 Å². The summed E-state index contributed by atoms with van der Waals surface area (Å²) in [5, 5.41) is 2.68. The zero-order valence-electron chi connectivity index (χ0n) is 22.7. The van der Waals surface area contributed by atoms with E-state index < -0.39 is 11.9 Å². The van der Waals surface area contributed by atoms with Crippen LogP contribution in [0.5, 0.6) is 0 Å². The molecule has 2 aromatic rings.